The third-order valence-corrected chi connectivity index (χ3v) is 4.38. The maximum atomic E-state index is 13.0. The Morgan fingerprint density at radius 3 is 2.52 bits per heavy atom. The zero-order valence-corrected chi connectivity index (χ0v) is 15.9. The molecule has 0 bridgehead atoms. The van der Waals surface area contributed by atoms with Crippen LogP contribution in [0, 0.1) is 0 Å². The van der Waals surface area contributed by atoms with Gasteiger partial charge in [0, 0.05) is 25.1 Å². The summed E-state index contributed by atoms with van der Waals surface area (Å²) in [5.41, 5.74) is -0.333. The van der Waals surface area contributed by atoms with E-state index in [1.807, 2.05) is 20.8 Å². The number of rotatable bonds is 9. The average Bonchev–Trinajstić information content (AvgIpc) is 3.06. The fourth-order valence-corrected chi connectivity index (χ4v) is 3.01. The molecule has 0 aliphatic carbocycles. The number of amides is 1. The molecule has 0 atom stereocenters. The normalized spacial score (nSPS) is 11.8. The number of ether oxygens (including phenoxy) is 1. The second-order valence-electron chi connectivity index (χ2n) is 6.22. The van der Waals surface area contributed by atoms with Crippen molar-refractivity contribution in [1.29, 1.82) is 0 Å². The highest BCUT2D eigenvalue weighted by Gasteiger charge is 2.37. The van der Waals surface area contributed by atoms with Crippen LogP contribution in [-0.4, -0.2) is 35.7 Å². The number of hydrogen-bond donors (Lipinski definition) is 0. The van der Waals surface area contributed by atoms with Gasteiger partial charge in [-0.25, -0.2) is 0 Å². The molecule has 1 aromatic carbocycles. The summed E-state index contributed by atoms with van der Waals surface area (Å²) in [5, 5.41) is 3.14. The topological polar surface area (TPSA) is 55.6 Å². The Bertz CT molecular complexity index is 767. The minimum Gasteiger partial charge on any atom is -0.493 e. The lowest BCUT2D eigenvalue weighted by atomic mass is 10.0. The molecule has 1 aromatic heterocycles. The monoisotopic (exact) mass is 386 g/mol. The zero-order chi connectivity index (χ0) is 20.0. The predicted molar refractivity (Wildman–Crippen MR) is 95.7 cm³/mol. The summed E-state index contributed by atoms with van der Waals surface area (Å²) < 4.78 is 49.8. The zero-order valence-electron chi connectivity index (χ0n) is 15.9. The molecule has 150 valence electrons. The summed E-state index contributed by atoms with van der Waals surface area (Å²) in [6.45, 7) is 7.41. The predicted octanol–water partition coefficient (Wildman–Crippen LogP) is 4.83. The maximum absolute atomic E-state index is 13.0. The Morgan fingerprint density at radius 2 is 1.93 bits per heavy atom. The summed E-state index contributed by atoms with van der Waals surface area (Å²) in [4.78, 5) is 13.7. The van der Waals surface area contributed by atoms with Gasteiger partial charge >= 0.3 is 6.18 Å². The van der Waals surface area contributed by atoms with Crippen LogP contribution in [0.4, 0.5) is 13.2 Å². The van der Waals surface area contributed by atoms with Crippen LogP contribution in [0.2, 0.25) is 0 Å². The Balaban J connectivity index is 2.12. The van der Waals surface area contributed by atoms with Gasteiger partial charge in [-0.2, -0.15) is 13.2 Å². The van der Waals surface area contributed by atoms with Crippen molar-refractivity contribution in [3.05, 3.63) is 23.4 Å². The quantitative estimate of drug-likeness (QED) is 0.580. The van der Waals surface area contributed by atoms with E-state index in [0.29, 0.717) is 50.3 Å². The third kappa shape index (κ3) is 4.93. The van der Waals surface area contributed by atoms with E-state index in [0.717, 1.165) is 6.42 Å². The molecule has 0 fully saturated rings. The first-order valence-electron chi connectivity index (χ1n) is 9.22. The fraction of sp³-hybridized carbons (Fsp3) is 0.579. The van der Waals surface area contributed by atoms with Crippen molar-refractivity contribution in [1.82, 2.24) is 10.1 Å². The lowest BCUT2D eigenvalue weighted by Gasteiger charge is -2.18. The number of carbonyl (C=O) groups is 1. The van der Waals surface area contributed by atoms with Crippen molar-refractivity contribution >= 4 is 16.9 Å². The molecule has 0 unspecified atom stereocenters. The molecular weight excluding hydrogens is 361 g/mol. The maximum Gasteiger partial charge on any atom is 0.437 e. The van der Waals surface area contributed by atoms with Crippen molar-refractivity contribution in [2.24, 2.45) is 0 Å². The number of carbonyl (C=O) groups excluding carboxylic acids is 1. The lowest BCUT2D eigenvalue weighted by molar-refractivity contribution is -0.141. The highest BCUT2D eigenvalue weighted by Crippen LogP contribution is 2.38. The van der Waals surface area contributed by atoms with Gasteiger partial charge in [-0.3, -0.25) is 4.79 Å². The van der Waals surface area contributed by atoms with Gasteiger partial charge in [-0.05, 0) is 38.8 Å². The number of alkyl halides is 3. The van der Waals surface area contributed by atoms with Gasteiger partial charge < -0.3 is 14.2 Å². The number of fused-ring (bicyclic) bond motifs is 1. The second-order valence-corrected chi connectivity index (χ2v) is 6.22. The Kier molecular flexibility index (Phi) is 7.10. The van der Waals surface area contributed by atoms with Crippen LogP contribution in [-0.2, 0) is 17.4 Å². The smallest absolute Gasteiger partial charge is 0.437 e. The first-order valence-corrected chi connectivity index (χ1v) is 9.22. The van der Waals surface area contributed by atoms with Crippen molar-refractivity contribution in [3.8, 4) is 5.75 Å². The van der Waals surface area contributed by atoms with E-state index in [1.54, 1.807) is 4.90 Å². The molecule has 0 saturated carbocycles. The van der Waals surface area contributed by atoms with Crippen LogP contribution >= 0.6 is 0 Å². The van der Waals surface area contributed by atoms with Gasteiger partial charge in [0.1, 0.15) is 5.75 Å². The molecule has 1 heterocycles. The van der Waals surface area contributed by atoms with E-state index in [-0.39, 0.29) is 16.9 Å². The van der Waals surface area contributed by atoms with Crippen molar-refractivity contribution in [3.63, 3.8) is 0 Å². The molecule has 8 heteroatoms. The molecule has 0 spiro atoms. The number of aryl methyl sites for hydroxylation is 1. The summed E-state index contributed by atoms with van der Waals surface area (Å²) in [7, 11) is 0. The minimum atomic E-state index is -4.57. The van der Waals surface area contributed by atoms with E-state index in [4.69, 9.17) is 9.26 Å². The van der Waals surface area contributed by atoms with Gasteiger partial charge in [0.05, 0.1) is 12.0 Å². The van der Waals surface area contributed by atoms with Crippen molar-refractivity contribution < 1.29 is 27.2 Å². The van der Waals surface area contributed by atoms with Crippen molar-refractivity contribution in [2.45, 2.75) is 52.6 Å². The molecule has 1 amide bonds. The average molecular weight is 386 g/mol. The Morgan fingerprint density at radius 1 is 1.22 bits per heavy atom. The summed E-state index contributed by atoms with van der Waals surface area (Å²) in [5.74, 6) is 0.544. The molecule has 27 heavy (non-hydrogen) atoms. The fourth-order valence-electron chi connectivity index (χ4n) is 3.01. The number of nitrogens with zero attached hydrogens (tertiary/aromatic N) is 2. The van der Waals surface area contributed by atoms with E-state index in [1.165, 1.54) is 12.1 Å². The van der Waals surface area contributed by atoms with Gasteiger partial charge in [-0.1, -0.05) is 18.5 Å². The van der Waals surface area contributed by atoms with Crippen LogP contribution in [0.15, 0.2) is 16.7 Å². The van der Waals surface area contributed by atoms with Gasteiger partial charge in [0.2, 0.25) is 5.91 Å². The molecule has 0 N–H and O–H groups in total. The molecule has 0 aliphatic heterocycles. The van der Waals surface area contributed by atoms with Crippen LogP contribution < -0.4 is 4.74 Å². The minimum absolute atomic E-state index is 0.0602. The Hall–Kier alpha value is -2.25. The van der Waals surface area contributed by atoms with E-state index < -0.39 is 11.9 Å². The molecule has 5 nitrogen and oxygen atoms in total. The molecule has 0 saturated heterocycles. The van der Waals surface area contributed by atoms with Gasteiger partial charge in [0.25, 0.3) is 0 Å². The lowest BCUT2D eigenvalue weighted by Crippen LogP contribution is -2.30. The van der Waals surface area contributed by atoms with E-state index >= 15 is 0 Å². The summed E-state index contributed by atoms with van der Waals surface area (Å²) in [6.07, 6.45) is -2.44. The highest BCUT2D eigenvalue weighted by atomic mass is 19.4. The number of benzene rings is 1. The largest absolute Gasteiger partial charge is 0.493 e. The number of halogens is 3. The van der Waals surface area contributed by atoms with Crippen LogP contribution in [0.5, 0.6) is 5.75 Å². The van der Waals surface area contributed by atoms with Crippen molar-refractivity contribution in [2.75, 3.05) is 19.7 Å². The standard InChI is InChI=1S/C19H25F3N2O3/c1-4-8-13-15(26-12-7-9-16(25)24(5-2)6-3)11-10-14-17(13)27-23-18(14)19(20,21)22/h10-11H,4-9,12H2,1-3H3. The molecule has 2 aromatic rings. The van der Waals surface area contributed by atoms with E-state index in [2.05, 4.69) is 5.16 Å². The van der Waals surface area contributed by atoms with Crippen LogP contribution in [0.3, 0.4) is 0 Å². The van der Waals surface area contributed by atoms with Crippen LogP contribution in [0.1, 0.15) is 51.3 Å². The third-order valence-electron chi connectivity index (χ3n) is 4.38. The second kappa shape index (κ2) is 9.10. The first kappa shape index (κ1) is 21.1. The number of aromatic nitrogens is 1. The molecule has 0 aliphatic rings. The van der Waals surface area contributed by atoms with Gasteiger partial charge in [0.15, 0.2) is 11.3 Å². The first-order chi connectivity index (χ1) is 12.8. The molecule has 0 radical (unpaired) electrons. The highest BCUT2D eigenvalue weighted by molar-refractivity contribution is 5.85. The summed E-state index contributed by atoms with van der Waals surface area (Å²) in [6, 6.07) is 2.84. The number of hydrogen-bond acceptors (Lipinski definition) is 4. The van der Waals surface area contributed by atoms with E-state index in [9.17, 15) is 18.0 Å². The Labute approximate surface area is 156 Å². The summed E-state index contributed by atoms with van der Waals surface area (Å²) >= 11 is 0. The SMILES string of the molecule is CCCc1c(OCCCC(=O)N(CC)CC)ccc2c(C(F)(F)F)noc12. The van der Waals surface area contributed by atoms with Crippen LogP contribution in [0.25, 0.3) is 11.0 Å². The molecule has 2 rings (SSSR count). The van der Waals surface area contributed by atoms with Gasteiger partial charge in [-0.15, -0.1) is 0 Å². The molecular formula is C19H25F3N2O3.